The highest BCUT2D eigenvalue weighted by molar-refractivity contribution is 5.30. The predicted octanol–water partition coefficient (Wildman–Crippen LogP) is 3.97. The van der Waals surface area contributed by atoms with Crippen LogP contribution in [0.1, 0.15) is 51.5 Å². The molecule has 1 aliphatic carbocycles. The van der Waals surface area contributed by atoms with Crippen molar-refractivity contribution in [3.05, 3.63) is 29.8 Å². The third-order valence-electron chi connectivity index (χ3n) is 4.72. The summed E-state index contributed by atoms with van der Waals surface area (Å²) in [4.78, 5) is 0. The highest BCUT2D eigenvalue weighted by Crippen LogP contribution is 2.37. The number of benzene rings is 1. The molecule has 1 aromatic carbocycles. The van der Waals surface area contributed by atoms with E-state index in [1.54, 1.807) is 7.11 Å². The summed E-state index contributed by atoms with van der Waals surface area (Å²) in [7, 11) is 1.72. The lowest BCUT2D eigenvalue weighted by Gasteiger charge is -2.39. The fourth-order valence-electron chi connectivity index (χ4n) is 2.79. The fourth-order valence-corrected chi connectivity index (χ4v) is 2.79. The van der Waals surface area contributed by atoms with Gasteiger partial charge in [-0.3, -0.25) is 0 Å². The Kier molecular flexibility index (Phi) is 4.87. The molecule has 0 heterocycles. The van der Waals surface area contributed by atoms with Gasteiger partial charge in [0.25, 0.3) is 0 Å². The Bertz CT molecular complexity index is 381. The molecule has 106 valence electrons. The van der Waals surface area contributed by atoms with Gasteiger partial charge < -0.3 is 10.1 Å². The molecule has 1 aliphatic rings. The fraction of sp³-hybridized carbons (Fsp3) is 0.647. The minimum atomic E-state index is 0.631. The Morgan fingerprint density at radius 3 is 2.37 bits per heavy atom. The summed E-state index contributed by atoms with van der Waals surface area (Å²) in [6.07, 6.45) is 3.79. The number of hydrogen-bond donors (Lipinski definition) is 1. The van der Waals surface area contributed by atoms with E-state index in [0.717, 1.165) is 17.6 Å². The van der Waals surface area contributed by atoms with E-state index < -0.39 is 0 Å². The third-order valence-corrected chi connectivity index (χ3v) is 4.72. The van der Waals surface area contributed by atoms with Crippen LogP contribution >= 0.6 is 0 Å². The highest BCUT2D eigenvalue weighted by atomic mass is 16.5. The van der Waals surface area contributed by atoms with Crippen LogP contribution in [-0.4, -0.2) is 19.2 Å². The first-order valence-corrected chi connectivity index (χ1v) is 7.54. The molecule has 1 N–H and O–H groups in total. The van der Waals surface area contributed by atoms with Crippen molar-refractivity contribution in [1.82, 2.24) is 5.32 Å². The minimum absolute atomic E-state index is 0.631. The number of hydrogen-bond acceptors (Lipinski definition) is 2. The van der Waals surface area contributed by atoms with Crippen LogP contribution in [0.15, 0.2) is 24.3 Å². The van der Waals surface area contributed by atoms with E-state index in [9.17, 15) is 0 Å². The van der Waals surface area contributed by atoms with Crippen LogP contribution in [0, 0.1) is 5.92 Å². The van der Waals surface area contributed by atoms with Crippen LogP contribution in [0.2, 0.25) is 0 Å². The summed E-state index contributed by atoms with van der Waals surface area (Å²) < 4.78 is 5.20. The van der Waals surface area contributed by atoms with E-state index in [0.29, 0.717) is 12.1 Å². The molecule has 2 nitrogen and oxygen atoms in total. The SMILES string of the molecule is CCC(C)C(C)NC1CC(c2ccc(OC)cc2)C1. The van der Waals surface area contributed by atoms with Crippen LogP contribution < -0.4 is 10.1 Å². The molecule has 2 atom stereocenters. The van der Waals surface area contributed by atoms with Crippen molar-refractivity contribution in [3.8, 4) is 5.75 Å². The first-order valence-electron chi connectivity index (χ1n) is 7.54. The molecule has 0 radical (unpaired) electrons. The molecule has 0 amide bonds. The average Bonchev–Trinajstić information content (AvgIpc) is 2.41. The van der Waals surface area contributed by atoms with Crippen LogP contribution in [0.25, 0.3) is 0 Å². The molecule has 1 fully saturated rings. The monoisotopic (exact) mass is 261 g/mol. The van der Waals surface area contributed by atoms with Gasteiger partial charge in [0.05, 0.1) is 7.11 Å². The molecular formula is C17H27NO. The summed E-state index contributed by atoms with van der Waals surface area (Å²) in [6, 6.07) is 9.88. The van der Waals surface area contributed by atoms with E-state index in [-0.39, 0.29) is 0 Å². The van der Waals surface area contributed by atoms with Crippen molar-refractivity contribution >= 4 is 0 Å². The lowest BCUT2D eigenvalue weighted by molar-refractivity contribution is 0.241. The highest BCUT2D eigenvalue weighted by Gasteiger charge is 2.31. The van der Waals surface area contributed by atoms with Crippen molar-refractivity contribution < 1.29 is 4.74 Å². The van der Waals surface area contributed by atoms with Gasteiger partial charge in [-0.05, 0) is 49.3 Å². The van der Waals surface area contributed by atoms with Crippen LogP contribution in [0.4, 0.5) is 0 Å². The Morgan fingerprint density at radius 2 is 1.84 bits per heavy atom. The normalized spacial score (nSPS) is 25.5. The van der Waals surface area contributed by atoms with Gasteiger partial charge >= 0.3 is 0 Å². The van der Waals surface area contributed by atoms with Crippen molar-refractivity contribution in [1.29, 1.82) is 0 Å². The van der Waals surface area contributed by atoms with E-state index in [4.69, 9.17) is 4.74 Å². The third kappa shape index (κ3) is 3.50. The summed E-state index contributed by atoms with van der Waals surface area (Å²) in [6.45, 7) is 6.91. The zero-order valence-electron chi connectivity index (χ0n) is 12.6. The first kappa shape index (κ1) is 14.4. The second kappa shape index (κ2) is 6.42. The van der Waals surface area contributed by atoms with Crippen LogP contribution in [0.3, 0.4) is 0 Å². The predicted molar refractivity (Wildman–Crippen MR) is 80.8 cm³/mol. The second-order valence-electron chi connectivity index (χ2n) is 5.98. The average molecular weight is 261 g/mol. The quantitative estimate of drug-likeness (QED) is 0.836. The molecule has 19 heavy (non-hydrogen) atoms. The lowest BCUT2D eigenvalue weighted by Crippen LogP contribution is -2.46. The number of methoxy groups -OCH3 is 1. The summed E-state index contributed by atoms with van der Waals surface area (Å²) in [5.74, 6) is 2.44. The number of ether oxygens (including phenoxy) is 1. The zero-order valence-corrected chi connectivity index (χ0v) is 12.6. The topological polar surface area (TPSA) is 21.3 Å². The Labute approximate surface area is 117 Å². The van der Waals surface area contributed by atoms with E-state index in [1.807, 2.05) is 0 Å². The number of nitrogens with one attached hydrogen (secondary N) is 1. The molecule has 2 heteroatoms. The molecule has 0 bridgehead atoms. The van der Waals surface area contributed by atoms with Crippen molar-refractivity contribution in [2.24, 2.45) is 5.92 Å². The Morgan fingerprint density at radius 1 is 1.21 bits per heavy atom. The maximum absolute atomic E-state index is 5.20. The van der Waals surface area contributed by atoms with Crippen LogP contribution in [-0.2, 0) is 0 Å². The van der Waals surface area contributed by atoms with Gasteiger partial charge in [-0.1, -0.05) is 32.4 Å². The maximum atomic E-state index is 5.20. The van der Waals surface area contributed by atoms with Gasteiger partial charge in [-0.2, -0.15) is 0 Å². The van der Waals surface area contributed by atoms with Gasteiger partial charge in [0.2, 0.25) is 0 Å². The van der Waals surface area contributed by atoms with Gasteiger partial charge in [-0.15, -0.1) is 0 Å². The zero-order chi connectivity index (χ0) is 13.8. The summed E-state index contributed by atoms with van der Waals surface area (Å²) >= 11 is 0. The van der Waals surface area contributed by atoms with Crippen molar-refractivity contribution in [2.75, 3.05) is 7.11 Å². The Balaban J connectivity index is 1.79. The van der Waals surface area contributed by atoms with Gasteiger partial charge in [-0.25, -0.2) is 0 Å². The minimum Gasteiger partial charge on any atom is -0.497 e. The van der Waals surface area contributed by atoms with Gasteiger partial charge in [0, 0.05) is 12.1 Å². The molecule has 0 saturated heterocycles. The Hall–Kier alpha value is -1.02. The molecule has 1 aromatic rings. The largest absolute Gasteiger partial charge is 0.497 e. The summed E-state index contributed by atoms with van der Waals surface area (Å²) in [5, 5.41) is 3.76. The van der Waals surface area contributed by atoms with E-state index in [1.165, 1.54) is 24.8 Å². The van der Waals surface area contributed by atoms with Gasteiger partial charge in [0.15, 0.2) is 0 Å². The van der Waals surface area contributed by atoms with Gasteiger partial charge in [0.1, 0.15) is 5.75 Å². The molecule has 1 saturated carbocycles. The van der Waals surface area contributed by atoms with E-state index in [2.05, 4.69) is 50.4 Å². The molecule has 2 unspecified atom stereocenters. The molecule has 2 rings (SSSR count). The first-order chi connectivity index (χ1) is 9.13. The number of rotatable bonds is 6. The lowest BCUT2D eigenvalue weighted by atomic mass is 9.75. The molecule has 0 aromatic heterocycles. The van der Waals surface area contributed by atoms with Crippen molar-refractivity contribution in [2.45, 2.75) is 58.0 Å². The molecule has 0 spiro atoms. The molecular weight excluding hydrogens is 234 g/mol. The summed E-state index contributed by atoms with van der Waals surface area (Å²) in [5.41, 5.74) is 1.45. The molecule has 0 aliphatic heterocycles. The second-order valence-corrected chi connectivity index (χ2v) is 5.98. The standard InChI is InChI=1S/C17H27NO/c1-5-12(2)13(3)18-16-10-15(11-16)14-6-8-17(19-4)9-7-14/h6-9,12-13,15-16,18H,5,10-11H2,1-4H3. The smallest absolute Gasteiger partial charge is 0.118 e. The van der Waals surface area contributed by atoms with Crippen molar-refractivity contribution in [3.63, 3.8) is 0 Å². The maximum Gasteiger partial charge on any atom is 0.118 e. The van der Waals surface area contributed by atoms with E-state index >= 15 is 0 Å². The van der Waals surface area contributed by atoms with Crippen LogP contribution in [0.5, 0.6) is 5.75 Å².